The van der Waals surface area contributed by atoms with Gasteiger partial charge in [0.25, 0.3) is 0 Å². The maximum absolute atomic E-state index is 14.2. The number of hydrogen-bond acceptors (Lipinski definition) is 5. The molecule has 2 aromatic carbocycles. The maximum Gasteiger partial charge on any atom is 0.422 e. The second kappa shape index (κ2) is 9.53. The van der Waals surface area contributed by atoms with Gasteiger partial charge in [-0.05, 0) is 42.4 Å². The zero-order chi connectivity index (χ0) is 26.2. The normalized spacial score (nSPS) is 14.6. The largest absolute Gasteiger partial charge is 0.496 e. The molecule has 0 radical (unpaired) electrons. The third-order valence-corrected chi connectivity index (χ3v) is 6.02. The van der Waals surface area contributed by atoms with Gasteiger partial charge in [-0.1, -0.05) is 45.9 Å². The number of benzene rings is 2. The highest BCUT2D eigenvalue weighted by Gasteiger charge is 2.55. The topological polar surface area (TPSA) is 67.6 Å². The number of nitrogens with zero attached hydrogens (tertiary/aromatic N) is 3. The van der Waals surface area contributed by atoms with Gasteiger partial charge in [-0.15, -0.1) is 0 Å². The molecule has 188 valence electrons. The summed E-state index contributed by atoms with van der Waals surface area (Å²) in [5.41, 5.74) is -3.08. The second-order valence-corrected chi connectivity index (χ2v) is 9.57. The molecule has 1 atom stereocenters. The molecule has 0 aliphatic carbocycles. The Morgan fingerprint density at radius 2 is 1.83 bits per heavy atom. The van der Waals surface area contributed by atoms with Crippen LogP contribution in [0.3, 0.4) is 0 Å². The fraction of sp³-hybridized carbons (Fsp3) is 0.423. The summed E-state index contributed by atoms with van der Waals surface area (Å²) in [4.78, 5) is 11.9. The molecule has 0 saturated carbocycles. The van der Waals surface area contributed by atoms with Gasteiger partial charge in [-0.3, -0.25) is 4.99 Å². The predicted octanol–water partition coefficient (Wildman–Crippen LogP) is 6.57. The van der Waals surface area contributed by atoms with E-state index < -0.39 is 29.4 Å². The first-order valence-electron chi connectivity index (χ1n) is 11.1. The van der Waals surface area contributed by atoms with E-state index in [2.05, 4.69) is 15.0 Å². The molecule has 1 N–H and O–H groups in total. The summed E-state index contributed by atoms with van der Waals surface area (Å²) in [7, 11) is 1.47. The number of halogens is 4. The van der Waals surface area contributed by atoms with E-state index >= 15 is 0 Å². The standard InChI is InChI=1S/C26H29F4N3O2/c1-15(2)17-8-7-9-19(23(17)35-6)24(4,5)13-25(34,26(28,29)30)14-32-21-11-10-20(27)22-18(21)12-31-16(3)33-22/h7-12,14-15,34H,13H2,1-6H3. The Hall–Kier alpha value is -3.07. The highest BCUT2D eigenvalue weighted by Crippen LogP contribution is 2.45. The molecule has 9 heteroatoms. The Morgan fingerprint density at radius 1 is 1.14 bits per heavy atom. The third-order valence-electron chi connectivity index (χ3n) is 6.02. The Bertz CT molecular complexity index is 1260. The molecule has 0 spiro atoms. The lowest BCUT2D eigenvalue weighted by Gasteiger charge is -2.36. The maximum atomic E-state index is 14.2. The molecule has 1 heterocycles. The fourth-order valence-corrected chi connectivity index (χ4v) is 4.21. The highest BCUT2D eigenvalue weighted by molar-refractivity contribution is 5.91. The quantitative estimate of drug-likeness (QED) is 0.300. The molecule has 1 unspecified atom stereocenters. The fourth-order valence-electron chi connectivity index (χ4n) is 4.21. The Labute approximate surface area is 201 Å². The van der Waals surface area contributed by atoms with Crippen molar-refractivity contribution < 1.29 is 27.4 Å². The number of ether oxygens (including phenoxy) is 1. The number of methoxy groups -OCH3 is 1. The van der Waals surface area contributed by atoms with Crippen molar-refractivity contribution in [1.82, 2.24) is 9.97 Å². The Balaban J connectivity index is 2.08. The van der Waals surface area contributed by atoms with Crippen molar-refractivity contribution in [2.75, 3.05) is 7.11 Å². The lowest BCUT2D eigenvalue weighted by atomic mass is 9.74. The SMILES string of the molecule is COc1c(C(C)C)cccc1C(C)(C)CC(O)(C=Nc1ccc(F)c2nc(C)ncc12)C(F)(F)F. The van der Waals surface area contributed by atoms with Crippen molar-refractivity contribution in [2.45, 2.75) is 64.1 Å². The van der Waals surface area contributed by atoms with Crippen molar-refractivity contribution in [3.8, 4) is 5.75 Å². The van der Waals surface area contributed by atoms with E-state index in [4.69, 9.17) is 4.74 Å². The Morgan fingerprint density at radius 3 is 2.43 bits per heavy atom. The second-order valence-electron chi connectivity index (χ2n) is 9.57. The molecule has 0 aliphatic heterocycles. The molecule has 0 aliphatic rings. The minimum absolute atomic E-state index is 0.0151. The van der Waals surface area contributed by atoms with Crippen LogP contribution in [0, 0.1) is 12.7 Å². The summed E-state index contributed by atoms with van der Waals surface area (Å²) in [6.45, 7) is 8.73. The summed E-state index contributed by atoms with van der Waals surface area (Å²) in [5, 5.41) is 11.0. The first kappa shape index (κ1) is 26.5. The van der Waals surface area contributed by atoms with E-state index in [1.807, 2.05) is 19.9 Å². The lowest BCUT2D eigenvalue weighted by Crippen LogP contribution is -2.50. The van der Waals surface area contributed by atoms with Gasteiger partial charge in [0.1, 0.15) is 22.9 Å². The minimum Gasteiger partial charge on any atom is -0.496 e. The van der Waals surface area contributed by atoms with Crippen LogP contribution in [-0.2, 0) is 5.41 Å². The van der Waals surface area contributed by atoms with E-state index in [9.17, 15) is 22.7 Å². The summed E-state index contributed by atoms with van der Waals surface area (Å²) >= 11 is 0. The molecule has 0 bridgehead atoms. The van der Waals surface area contributed by atoms with Gasteiger partial charge in [0.15, 0.2) is 5.60 Å². The summed E-state index contributed by atoms with van der Waals surface area (Å²) < 4.78 is 62.4. The van der Waals surface area contributed by atoms with Crippen LogP contribution in [-0.4, -0.2) is 40.2 Å². The van der Waals surface area contributed by atoms with Crippen molar-refractivity contribution >= 4 is 22.8 Å². The van der Waals surface area contributed by atoms with Crippen LogP contribution in [0.25, 0.3) is 10.9 Å². The van der Waals surface area contributed by atoms with E-state index in [1.54, 1.807) is 32.9 Å². The number of hydrogen-bond donors (Lipinski definition) is 1. The molecule has 0 saturated heterocycles. The van der Waals surface area contributed by atoms with Crippen LogP contribution in [0.1, 0.15) is 57.0 Å². The monoisotopic (exact) mass is 491 g/mol. The molecule has 3 aromatic rings. The van der Waals surface area contributed by atoms with Gasteiger partial charge in [0.05, 0.1) is 12.8 Å². The van der Waals surface area contributed by atoms with E-state index in [-0.39, 0.29) is 22.5 Å². The van der Waals surface area contributed by atoms with Crippen LogP contribution >= 0.6 is 0 Å². The Kier molecular flexibility index (Phi) is 7.22. The van der Waals surface area contributed by atoms with Crippen molar-refractivity contribution in [1.29, 1.82) is 0 Å². The van der Waals surface area contributed by atoms with Crippen molar-refractivity contribution in [3.63, 3.8) is 0 Å². The third kappa shape index (κ3) is 5.29. The first-order chi connectivity index (χ1) is 16.2. The predicted molar refractivity (Wildman–Crippen MR) is 128 cm³/mol. The highest BCUT2D eigenvalue weighted by atomic mass is 19.4. The number of alkyl halides is 3. The van der Waals surface area contributed by atoms with Gasteiger partial charge in [0.2, 0.25) is 0 Å². The lowest BCUT2D eigenvalue weighted by molar-refractivity contribution is -0.234. The first-order valence-corrected chi connectivity index (χ1v) is 11.1. The molecule has 0 amide bonds. The summed E-state index contributed by atoms with van der Waals surface area (Å²) in [6, 6.07) is 7.63. The van der Waals surface area contributed by atoms with Crippen LogP contribution < -0.4 is 4.74 Å². The number of para-hydroxylation sites is 1. The smallest absolute Gasteiger partial charge is 0.422 e. The number of aryl methyl sites for hydroxylation is 1. The summed E-state index contributed by atoms with van der Waals surface area (Å²) in [5.74, 6) is 0.241. The molecule has 0 fully saturated rings. The number of aliphatic imine (C=N–C) groups is 1. The number of rotatable bonds is 7. The average molecular weight is 492 g/mol. The minimum atomic E-state index is -5.03. The van der Waals surface area contributed by atoms with Crippen molar-refractivity contribution in [2.24, 2.45) is 4.99 Å². The molecular formula is C26H29F4N3O2. The van der Waals surface area contributed by atoms with Crippen LogP contribution in [0.4, 0.5) is 23.2 Å². The zero-order valence-electron chi connectivity index (χ0n) is 20.5. The van der Waals surface area contributed by atoms with Gasteiger partial charge < -0.3 is 9.84 Å². The number of aromatic nitrogens is 2. The number of fused-ring (bicyclic) bond motifs is 1. The van der Waals surface area contributed by atoms with Gasteiger partial charge in [-0.2, -0.15) is 13.2 Å². The molecule has 5 nitrogen and oxygen atoms in total. The molecule has 35 heavy (non-hydrogen) atoms. The van der Waals surface area contributed by atoms with Gasteiger partial charge in [0, 0.05) is 23.4 Å². The van der Waals surface area contributed by atoms with E-state index in [0.29, 0.717) is 23.4 Å². The van der Waals surface area contributed by atoms with Gasteiger partial charge in [-0.25, -0.2) is 14.4 Å². The van der Waals surface area contributed by atoms with E-state index in [1.165, 1.54) is 19.4 Å². The molecular weight excluding hydrogens is 462 g/mol. The van der Waals surface area contributed by atoms with Crippen LogP contribution in [0.2, 0.25) is 0 Å². The van der Waals surface area contributed by atoms with Crippen LogP contribution in [0.5, 0.6) is 5.75 Å². The number of aliphatic hydroxyl groups is 1. The van der Waals surface area contributed by atoms with Crippen molar-refractivity contribution in [3.05, 3.63) is 59.3 Å². The zero-order valence-corrected chi connectivity index (χ0v) is 20.5. The average Bonchev–Trinajstić information content (AvgIpc) is 2.77. The van der Waals surface area contributed by atoms with E-state index in [0.717, 1.165) is 11.6 Å². The molecule has 3 rings (SSSR count). The van der Waals surface area contributed by atoms with Crippen LogP contribution in [0.15, 0.2) is 41.5 Å². The van der Waals surface area contributed by atoms with Gasteiger partial charge >= 0.3 is 6.18 Å². The summed E-state index contributed by atoms with van der Waals surface area (Å²) in [6.07, 6.45) is -3.98. The molecule has 1 aromatic heterocycles.